The van der Waals surface area contributed by atoms with Crippen LogP contribution in [0.4, 0.5) is 11.8 Å². The summed E-state index contributed by atoms with van der Waals surface area (Å²) in [4.78, 5) is 35.9. The Bertz CT molecular complexity index is 930. The molecule has 10 nitrogen and oxygen atoms in total. The number of nitrogens with zero attached hydrogens (tertiary/aromatic N) is 6. The number of hydrogen-bond acceptors (Lipinski definition) is 10. The molecule has 1 atom stereocenters. The predicted octanol–water partition coefficient (Wildman–Crippen LogP) is 0.228. The molecule has 2 N–H and O–H groups in total. The first-order valence-electron chi connectivity index (χ1n) is 10.0. The third-order valence-corrected chi connectivity index (χ3v) is 6.70. The van der Waals surface area contributed by atoms with Crippen molar-refractivity contribution in [2.24, 2.45) is 0 Å². The number of ether oxygens (including phenoxy) is 2. The van der Waals surface area contributed by atoms with Gasteiger partial charge in [-0.2, -0.15) is 0 Å². The minimum Gasteiger partial charge on any atom is -0.378 e. The first-order valence-corrected chi connectivity index (χ1v) is 10.9. The van der Waals surface area contributed by atoms with Gasteiger partial charge >= 0.3 is 0 Å². The Hall–Kier alpha value is -2.50. The molecule has 30 heavy (non-hydrogen) atoms. The van der Waals surface area contributed by atoms with E-state index in [9.17, 15) is 4.79 Å². The van der Waals surface area contributed by atoms with Gasteiger partial charge in [0, 0.05) is 45.0 Å². The van der Waals surface area contributed by atoms with Crippen LogP contribution in [-0.4, -0.2) is 88.6 Å². The molecule has 3 aliphatic heterocycles. The average molecular weight is 430 g/mol. The summed E-state index contributed by atoms with van der Waals surface area (Å²) >= 11 is 1.57. The summed E-state index contributed by atoms with van der Waals surface area (Å²) in [6, 6.07) is 0. The molecular formula is C19H23N7O3S. The lowest BCUT2D eigenvalue weighted by molar-refractivity contribution is -0.134. The van der Waals surface area contributed by atoms with Crippen LogP contribution in [0.5, 0.6) is 0 Å². The van der Waals surface area contributed by atoms with Crippen LogP contribution in [0.25, 0.3) is 11.4 Å². The van der Waals surface area contributed by atoms with E-state index in [1.165, 1.54) is 0 Å². The van der Waals surface area contributed by atoms with Crippen molar-refractivity contribution in [1.29, 1.82) is 0 Å². The number of rotatable bonds is 3. The van der Waals surface area contributed by atoms with Gasteiger partial charge in [-0.25, -0.2) is 19.9 Å². The molecule has 0 bridgehead atoms. The highest BCUT2D eigenvalue weighted by Gasteiger charge is 2.36. The average Bonchev–Trinajstić information content (AvgIpc) is 3.24. The van der Waals surface area contributed by atoms with Crippen LogP contribution in [0.3, 0.4) is 0 Å². The molecule has 3 aliphatic rings. The van der Waals surface area contributed by atoms with E-state index in [0.717, 1.165) is 29.5 Å². The van der Waals surface area contributed by atoms with E-state index >= 15 is 0 Å². The lowest BCUT2D eigenvalue weighted by Crippen LogP contribution is -2.44. The second kappa shape index (κ2) is 8.32. The summed E-state index contributed by atoms with van der Waals surface area (Å²) in [5.41, 5.74) is 7.23. The van der Waals surface area contributed by atoms with E-state index in [-0.39, 0.29) is 17.1 Å². The number of amides is 1. The van der Waals surface area contributed by atoms with Gasteiger partial charge in [0.2, 0.25) is 11.9 Å². The van der Waals surface area contributed by atoms with Gasteiger partial charge in [0.25, 0.3) is 0 Å². The number of carbonyl (C=O) groups excluding carboxylic acids is 1. The topological polar surface area (TPSA) is 120 Å². The first kappa shape index (κ1) is 19.5. The molecule has 158 valence electrons. The van der Waals surface area contributed by atoms with E-state index in [4.69, 9.17) is 25.2 Å². The molecule has 11 heteroatoms. The fraction of sp³-hybridized carbons (Fsp3) is 0.526. The smallest absolute Gasteiger partial charge is 0.236 e. The van der Waals surface area contributed by atoms with Gasteiger partial charge < -0.3 is 25.0 Å². The Balaban J connectivity index is 1.48. The molecule has 0 radical (unpaired) electrons. The molecule has 5 rings (SSSR count). The monoisotopic (exact) mass is 429 g/mol. The van der Waals surface area contributed by atoms with Crippen LogP contribution < -0.4 is 10.6 Å². The molecule has 2 aromatic heterocycles. The van der Waals surface area contributed by atoms with Gasteiger partial charge in [-0.3, -0.25) is 4.79 Å². The highest BCUT2D eigenvalue weighted by Crippen LogP contribution is 2.43. The molecule has 2 fully saturated rings. The van der Waals surface area contributed by atoms with Gasteiger partial charge in [0.05, 0.1) is 47.8 Å². The number of nitrogen functional groups attached to an aromatic ring is 1. The van der Waals surface area contributed by atoms with Crippen molar-refractivity contribution in [3.05, 3.63) is 18.1 Å². The van der Waals surface area contributed by atoms with Gasteiger partial charge in [0.15, 0.2) is 5.82 Å². The molecule has 2 saturated heterocycles. The minimum absolute atomic E-state index is 0.145. The second-order valence-electron chi connectivity index (χ2n) is 7.32. The number of aromatic nitrogens is 4. The van der Waals surface area contributed by atoms with Crippen molar-refractivity contribution >= 4 is 29.4 Å². The zero-order chi connectivity index (χ0) is 20.5. The molecule has 1 unspecified atom stereocenters. The molecule has 0 aliphatic carbocycles. The summed E-state index contributed by atoms with van der Waals surface area (Å²) in [7, 11) is 0. The lowest BCUT2D eigenvalue weighted by atomic mass is 10.2. The van der Waals surface area contributed by atoms with E-state index < -0.39 is 0 Å². The number of nitrogens with two attached hydrogens (primary N) is 1. The fourth-order valence-corrected chi connectivity index (χ4v) is 5.12. The van der Waals surface area contributed by atoms with Crippen molar-refractivity contribution in [1.82, 2.24) is 24.8 Å². The maximum absolute atomic E-state index is 13.1. The van der Waals surface area contributed by atoms with Crippen LogP contribution in [0.2, 0.25) is 0 Å². The molecule has 1 amide bonds. The SMILES string of the molecule is Nc1ncc(-c2nc3c(c(N4CCOCC4)n2)SC(C(=O)N2CCOCC2)C3)cn1. The zero-order valence-electron chi connectivity index (χ0n) is 16.5. The molecule has 0 aromatic carbocycles. The molecule has 0 spiro atoms. The number of anilines is 2. The lowest BCUT2D eigenvalue weighted by Gasteiger charge is -2.30. The van der Waals surface area contributed by atoms with Crippen molar-refractivity contribution in [2.45, 2.75) is 16.6 Å². The highest BCUT2D eigenvalue weighted by molar-refractivity contribution is 8.01. The van der Waals surface area contributed by atoms with Crippen LogP contribution in [0.15, 0.2) is 17.3 Å². The normalized spacial score (nSPS) is 21.5. The van der Waals surface area contributed by atoms with E-state index in [1.54, 1.807) is 24.2 Å². The Labute approximate surface area is 178 Å². The Kier molecular flexibility index (Phi) is 5.40. The number of morpholine rings is 2. The highest BCUT2D eigenvalue weighted by atomic mass is 32.2. The molecule has 2 aromatic rings. The van der Waals surface area contributed by atoms with Crippen molar-refractivity contribution in [3.8, 4) is 11.4 Å². The van der Waals surface area contributed by atoms with Crippen LogP contribution in [0.1, 0.15) is 5.69 Å². The maximum Gasteiger partial charge on any atom is 0.236 e. The molecule has 5 heterocycles. The van der Waals surface area contributed by atoms with Crippen LogP contribution in [0, 0.1) is 0 Å². The summed E-state index contributed by atoms with van der Waals surface area (Å²) < 4.78 is 10.9. The van der Waals surface area contributed by atoms with Crippen LogP contribution >= 0.6 is 11.8 Å². The third kappa shape index (κ3) is 3.80. The Morgan fingerprint density at radius 3 is 2.40 bits per heavy atom. The second-order valence-corrected chi connectivity index (χ2v) is 8.54. The summed E-state index contributed by atoms with van der Waals surface area (Å²) in [5.74, 6) is 1.76. The number of hydrogen-bond donors (Lipinski definition) is 1. The quantitative estimate of drug-likeness (QED) is 0.726. The van der Waals surface area contributed by atoms with Gasteiger partial charge in [-0.1, -0.05) is 0 Å². The maximum atomic E-state index is 13.1. The van der Waals surface area contributed by atoms with Gasteiger partial charge in [0.1, 0.15) is 5.82 Å². The zero-order valence-corrected chi connectivity index (χ0v) is 17.3. The van der Waals surface area contributed by atoms with Crippen molar-refractivity contribution in [2.75, 3.05) is 63.2 Å². The van der Waals surface area contributed by atoms with Crippen molar-refractivity contribution in [3.63, 3.8) is 0 Å². The standard InChI is InChI=1S/C19H23N7O3S/c20-19-21-10-12(11-22-19)16-23-13-9-14(18(27)26-3-7-29-8-4-26)30-15(13)17(24-16)25-1-5-28-6-2-25/h10-11,14H,1-9H2,(H2,20,21,22). The van der Waals surface area contributed by atoms with E-state index in [0.29, 0.717) is 57.3 Å². The Morgan fingerprint density at radius 1 is 1.03 bits per heavy atom. The molecule has 0 saturated carbocycles. The van der Waals surface area contributed by atoms with E-state index in [1.807, 2.05) is 4.90 Å². The largest absolute Gasteiger partial charge is 0.378 e. The van der Waals surface area contributed by atoms with Crippen LogP contribution in [-0.2, 0) is 20.7 Å². The number of thioether (sulfide) groups is 1. The number of carbonyl (C=O) groups is 1. The number of fused-ring (bicyclic) bond motifs is 1. The summed E-state index contributed by atoms with van der Waals surface area (Å²) in [6.45, 7) is 5.28. The van der Waals surface area contributed by atoms with Gasteiger partial charge in [-0.15, -0.1) is 11.8 Å². The van der Waals surface area contributed by atoms with Gasteiger partial charge in [-0.05, 0) is 0 Å². The minimum atomic E-state index is -0.190. The third-order valence-electron chi connectivity index (χ3n) is 5.40. The predicted molar refractivity (Wildman–Crippen MR) is 111 cm³/mol. The fourth-order valence-electron chi connectivity index (χ4n) is 3.80. The first-order chi connectivity index (χ1) is 14.7. The van der Waals surface area contributed by atoms with Crippen molar-refractivity contribution < 1.29 is 14.3 Å². The Morgan fingerprint density at radius 2 is 1.70 bits per heavy atom. The summed E-state index contributed by atoms with van der Waals surface area (Å²) in [5, 5.41) is -0.190. The van der Waals surface area contributed by atoms with E-state index in [2.05, 4.69) is 14.9 Å². The molecular weight excluding hydrogens is 406 g/mol. The summed E-state index contributed by atoms with van der Waals surface area (Å²) in [6.07, 6.45) is 3.84.